The fraction of sp³-hybridized carbons (Fsp3) is 0.562. The van der Waals surface area contributed by atoms with E-state index >= 15 is 0 Å². The number of rotatable bonds is 3. The van der Waals surface area contributed by atoms with Gasteiger partial charge in [0, 0.05) is 30.1 Å². The van der Waals surface area contributed by atoms with E-state index in [0.717, 1.165) is 30.3 Å². The number of carbonyl (C=O) groups excluding carboxylic acids is 1. The van der Waals surface area contributed by atoms with Crippen LogP contribution in [-0.4, -0.2) is 48.2 Å². The topological polar surface area (TPSA) is 41.6 Å². The van der Waals surface area contributed by atoms with Gasteiger partial charge in [-0.1, -0.05) is 12.1 Å². The molecule has 0 saturated carbocycles. The maximum Gasteiger partial charge on any atom is 0.240 e. The maximum absolute atomic E-state index is 12.6. The molecule has 114 valence electrons. The first-order valence-corrected chi connectivity index (χ1v) is 8.60. The van der Waals surface area contributed by atoms with Gasteiger partial charge < -0.3 is 9.64 Å². The molecule has 2 aliphatic rings. The Morgan fingerprint density at radius 3 is 2.76 bits per heavy atom. The highest BCUT2D eigenvalue weighted by Crippen LogP contribution is 2.33. The lowest BCUT2D eigenvalue weighted by Crippen LogP contribution is -2.46. The highest BCUT2D eigenvalue weighted by atomic mass is 32.2. The van der Waals surface area contributed by atoms with Gasteiger partial charge in [0.1, 0.15) is 5.75 Å². The first-order chi connectivity index (χ1) is 10.2. The van der Waals surface area contributed by atoms with E-state index < -0.39 is 0 Å². The van der Waals surface area contributed by atoms with E-state index in [2.05, 4.69) is 29.3 Å². The van der Waals surface area contributed by atoms with Gasteiger partial charge in [-0.15, -0.1) is 11.8 Å². The third-order valence-electron chi connectivity index (χ3n) is 4.46. The second kappa shape index (κ2) is 6.28. The lowest BCUT2D eigenvalue weighted by atomic mass is 9.97. The normalized spacial score (nSPS) is 28.9. The van der Waals surface area contributed by atoms with Gasteiger partial charge in [-0.2, -0.15) is 0 Å². The highest BCUT2D eigenvalue weighted by molar-refractivity contribution is 7.99. The van der Waals surface area contributed by atoms with Crippen LogP contribution in [0.25, 0.3) is 0 Å². The van der Waals surface area contributed by atoms with Gasteiger partial charge in [-0.05, 0) is 31.0 Å². The zero-order valence-corrected chi connectivity index (χ0v) is 13.4. The molecular formula is C16H22N2O2S. The zero-order chi connectivity index (χ0) is 14.8. The molecule has 0 unspecified atom stereocenters. The van der Waals surface area contributed by atoms with Crippen molar-refractivity contribution >= 4 is 17.7 Å². The van der Waals surface area contributed by atoms with Gasteiger partial charge in [0.15, 0.2) is 0 Å². The Hall–Kier alpha value is -1.20. The first kappa shape index (κ1) is 14.7. The Labute approximate surface area is 130 Å². The van der Waals surface area contributed by atoms with Crippen molar-refractivity contribution in [2.45, 2.75) is 31.3 Å². The average Bonchev–Trinajstić information content (AvgIpc) is 3.16. The first-order valence-electron chi connectivity index (χ1n) is 7.44. The van der Waals surface area contributed by atoms with Crippen molar-refractivity contribution in [3.05, 3.63) is 29.8 Å². The summed E-state index contributed by atoms with van der Waals surface area (Å²) in [4.78, 5) is 14.6. The number of carbonyl (C=O) groups is 1. The number of nitrogens with one attached hydrogen (secondary N) is 1. The summed E-state index contributed by atoms with van der Waals surface area (Å²) >= 11 is 1.80. The summed E-state index contributed by atoms with van der Waals surface area (Å²) in [6, 6.07) is 8.56. The minimum absolute atomic E-state index is 0.00654. The number of thioether (sulfide) groups is 1. The van der Waals surface area contributed by atoms with E-state index in [-0.39, 0.29) is 11.9 Å². The molecule has 3 atom stereocenters. The molecule has 2 heterocycles. The molecule has 2 fully saturated rings. The van der Waals surface area contributed by atoms with E-state index in [4.69, 9.17) is 4.74 Å². The quantitative estimate of drug-likeness (QED) is 0.928. The van der Waals surface area contributed by atoms with Crippen LogP contribution in [0.5, 0.6) is 5.75 Å². The number of ether oxygens (including phenoxy) is 1. The molecule has 5 heteroatoms. The predicted molar refractivity (Wildman–Crippen MR) is 85.8 cm³/mol. The molecule has 0 spiro atoms. The molecule has 1 amide bonds. The van der Waals surface area contributed by atoms with Crippen molar-refractivity contribution in [1.29, 1.82) is 0 Å². The van der Waals surface area contributed by atoms with Gasteiger partial charge in [-0.3, -0.25) is 10.1 Å². The van der Waals surface area contributed by atoms with Gasteiger partial charge in [0.25, 0.3) is 0 Å². The van der Waals surface area contributed by atoms with Crippen LogP contribution < -0.4 is 10.1 Å². The summed E-state index contributed by atoms with van der Waals surface area (Å²) < 4.78 is 5.20. The molecule has 2 aliphatic heterocycles. The van der Waals surface area contributed by atoms with Crippen LogP contribution in [0.1, 0.15) is 24.8 Å². The van der Waals surface area contributed by atoms with Crippen LogP contribution in [-0.2, 0) is 4.79 Å². The molecule has 3 rings (SSSR count). The third-order valence-corrected chi connectivity index (χ3v) is 5.40. The molecule has 21 heavy (non-hydrogen) atoms. The largest absolute Gasteiger partial charge is 0.497 e. The molecular weight excluding hydrogens is 284 g/mol. The van der Waals surface area contributed by atoms with Gasteiger partial charge in [0.05, 0.1) is 13.2 Å². The monoisotopic (exact) mass is 306 g/mol. The van der Waals surface area contributed by atoms with Crippen molar-refractivity contribution in [1.82, 2.24) is 10.2 Å². The standard InChI is InChI=1S/C16H22N2O2S/c1-11-7-13(12-3-5-14(20-2)6-4-12)8-18(11)16(19)15-9-21-10-17-15/h3-6,11,13,15,17H,7-10H2,1-2H3/t11-,13-,15-/m1/s1. The van der Waals surface area contributed by atoms with Crippen LogP contribution in [0.15, 0.2) is 24.3 Å². The number of hydrogen-bond acceptors (Lipinski definition) is 4. The third kappa shape index (κ3) is 3.04. The second-order valence-electron chi connectivity index (χ2n) is 5.82. The minimum Gasteiger partial charge on any atom is -0.497 e. The fourth-order valence-electron chi connectivity index (χ4n) is 3.21. The average molecular weight is 306 g/mol. The Morgan fingerprint density at radius 1 is 1.38 bits per heavy atom. The van der Waals surface area contributed by atoms with Crippen molar-refractivity contribution in [3.8, 4) is 5.75 Å². The van der Waals surface area contributed by atoms with Crippen LogP contribution >= 0.6 is 11.8 Å². The lowest BCUT2D eigenvalue weighted by Gasteiger charge is -2.24. The van der Waals surface area contributed by atoms with E-state index in [0.29, 0.717) is 12.0 Å². The minimum atomic E-state index is 0.00654. The summed E-state index contributed by atoms with van der Waals surface area (Å²) in [6.07, 6.45) is 1.04. The number of likely N-dealkylation sites (tertiary alicyclic amines) is 1. The molecule has 1 N–H and O–H groups in total. The summed E-state index contributed by atoms with van der Waals surface area (Å²) in [5.74, 6) is 3.37. The van der Waals surface area contributed by atoms with Crippen LogP contribution in [0.2, 0.25) is 0 Å². The molecule has 4 nitrogen and oxygen atoms in total. The van der Waals surface area contributed by atoms with Gasteiger partial charge >= 0.3 is 0 Å². The molecule has 0 aliphatic carbocycles. The van der Waals surface area contributed by atoms with Crippen molar-refractivity contribution in [3.63, 3.8) is 0 Å². The van der Waals surface area contributed by atoms with Crippen molar-refractivity contribution in [2.24, 2.45) is 0 Å². The van der Waals surface area contributed by atoms with E-state index in [1.54, 1.807) is 18.9 Å². The van der Waals surface area contributed by atoms with E-state index in [1.165, 1.54) is 5.56 Å². The number of benzene rings is 1. The predicted octanol–water partition coefficient (Wildman–Crippen LogP) is 2.06. The van der Waals surface area contributed by atoms with Crippen LogP contribution in [0.4, 0.5) is 0 Å². The maximum atomic E-state index is 12.6. The molecule has 2 saturated heterocycles. The Kier molecular flexibility index (Phi) is 4.40. The summed E-state index contributed by atoms with van der Waals surface area (Å²) in [6.45, 7) is 2.98. The van der Waals surface area contributed by atoms with Crippen molar-refractivity contribution < 1.29 is 9.53 Å². The molecule has 0 bridgehead atoms. The Balaban J connectivity index is 1.68. The lowest BCUT2D eigenvalue weighted by molar-refractivity contribution is -0.133. The Morgan fingerprint density at radius 2 is 2.14 bits per heavy atom. The summed E-state index contributed by atoms with van der Waals surface area (Å²) in [5, 5.41) is 3.28. The highest BCUT2D eigenvalue weighted by Gasteiger charge is 2.37. The SMILES string of the molecule is COc1ccc([C@@H]2C[C@@H](C)N(C(=O)[C@H]3CSCN3)C2)cc1. The van der Waals surface area contributed by atoms with E-state index in [1.807, 2.05) is 12.1 Å². The zero-order valence-electron chi connectivity index (χ0n) is 12.5. The molecule has 0 radical (unpaired) electrons. The fourth-order valence-corrected chi connectivity index (χ4v) is 4.14. The second-order valence-corrected chi connectivity index (χ2v) is 6.85. The van der Waals surface area contributed by atoms with Crippen LogP contribution in [0, 0.1) is 0 Å². The van der Waals surface area contributed by atoms with Gasteiger partial charge in [0.2, 0.25) is 5.91 Å². The number of hydrogen-bond donors (Lipinski definition) is 1. The van der Waals surface area contributed by atoms with Crippen molar-refractivity contribution in [2.75, 3.05) is 25.3 Å². The summed E-state index contributed by atoms with van der Waals surface area (Å²) in [5.41, 5.74) is 1.30. The van der Waals surface area contributed by atoms with E-state index in [9.17, 15) is 4.79 Å². The molecule has 1 aromatic carbocycles. The number of amides is 1. The summed E-state index contributed by atoms with van der Waals surface area (Å²) in [7, 11) is 1.68. The molecule has 1 aromatic rings. The van der Waals surface area contributed by atoms with Gasteiger partial charge in [-0.25, -0.2) is 0 Å². The Bertz CT molecular complexity index is 500. The molecule has 0 aromatic heterocycles. The number of methoxy groups -OCH3 is 1. The smallest absolute Gasteiger partial charge is 0.240 e. The van der Waals surface area contributed by atoms with Crippen LogP contribution in [0.3, 0.4) is 0 Å². The number of nitrogens with zero attached hydrogens (tertiary/aromatic N) is 1.